The zero-order valence-corrected chi connectivity index (χ0v) is 16.2. The van der Waals surface area contributed by atoms with Crippen LogP contribution in [0.5, 0.6) is 0 Å². The Bertz CT molecular complexity index is 732. The summed E-state index contributed by atoms with van der Waals surface area (Å²) in [5.74, 6) is -0.301. The molecule has 0 unspecified atom stereocenters. The van der Waals surface area contributed by atoms with Gasteiger partial charge < -0.3 is 15.1 Å². The van der Waals surface area contributed by atoms with Crippen molar-refractivity contribution < 1.29 is 9.59 Å². The maximum absolute atomic E-state index is 12.9. The molecular weight excluding hydrogens is 342 g/mol. The van der Waals surface area contributed by atoms with Crippen LogP contribution < -0.4 is 5.32 Å². The second-order valence-electron chi connectivity index (χ2n) is 6.66. The molecule has 1 N–H and O–H groups in total. The van der Waals surface area contributed by atoms with E-state index in [-0.39, 0.29) is 23.9 Å². The lowest BCUT2D eigenvalue weighted by Gasteiger charge is -2.22. The van der Waals surface area contributed by atoms with Gasteiger partial charge in [0.05, 0.1) is 11.9 Å². The molecule has 0 atom stereocenters. The summed E-state index contributed by atoms with van der Waals surface area (Å²) in [7, 11) is 3.91. The van der Waals surface area contributed by atoms with Crippen LogP contribution in [-0.4, -0.2) is 65.3 Å². The van der Waals surface area contributed by atoms with Gasteiger partial charge in [-0.05, 0) is 26.6 Å². The van der Waals surface area contributed by atoms with Crippen LogP contribution in [0.15, 0.2) is 42.7 Å². The normalized spacial score (nSPS) is 10.7. The summed E-state index contributed by atoms with van der Waals surface area (Å²) in [4.78, 5) is 36.9. The standard InChI is InChI=1S/C20H27N5O2/c1-16-13-23-18(14-22-16)20(27)25(15-17-7-5-4-6-8-17)11-9-19(26)21-10-12-24(2)3/h4-8,13-14H,9-12,15H2,1-3H3,(H,21,26). The molecule has 0 radical (unpaired) electrons. The molecule has 0 aliphatic heterocycles. The lowest BCUT2D eigenvalue weighted by Crippen LogP contribution is -2.37. The van der Waals surface area contributed by atoms with Gasteiger partial charge in [0.2, 0.25) is 5.91 Å². The summed E-state index contributed by atoms with van der Waals surface area (Å²) in [6, 6.07) is 9.70. The molecule has 0 saturated heterocycles. The Morgan fingerprint density at radius 3 is 2.41 bits per heavy atom. The third-order valence-electron chi connectivity index (χ3n) is 3.99. The Balaban J connectivity index is 2.02. The van der Waals surface area contributed by atoms with Crippen LogP contribution in [0.4, 0.5) is 0 Å². The largest absolute Gasteiger partial charge is 0.355 e. The number of aromatic nitrogens is 2. The van der Waals surface area contributed by atoms with Gasteiger partial charge >= 0.3 is 0 Å². The highest BCUT2D eigenvalue weighted by molar-refractivity contribution is 5.92. The predicted octanol–water partition coefficient (Wildman–Crippen LogP) is 1.50. The Kier molecular flexibility index (Phi) is 7.88. The average molecular weight is 369 g/mol. The Morgan fingerprint density at radius 1 is 1.04 bits per heavy atom. The van der Waals surface area contributed by atoms with Gasteiger partial charge in [0.25, 0.3) is 5.91 Å². The molecule has 2 aromatic rings. The number of carbonyl (C=O) groups excluding carboxylic acids is 2. The molecule has 27 heavy (non-hydrogen) atoms. The van der Waals surface area contributed by atoms with Gasteiger partial charge in [0, 0.05) is 38.8 Å². The first-order valence-corrected chi connectivity index (χ1v) is 8.99. The lowest BCUT2D eigenvalue weighted by molar-refractivity contribution is -0.121. The number of nitrogens with zero attached hydrogens (tertiary/aromatic N) is 4. The van der Waals surface area contributed by atoms with Crippen molar-refractivity contribution in [2.75, 3.05) is 33.7 Å². The van der Waals surface area contributed by atoms with E-state index in [2.05, 4.69) is 15.3 Å². The number of nitrogens with one attached hydrogen (secondary N) is 1. The van der Waals surface area contributed by atoms with Crippen LogP contribution in [0.3, 0.4) is 0 Å². The van der Waals surface area contributed by atoms with Gasteiger partial charge in [-0.25, -0.2) is 4.98 Å². The van der Waals surface area contributed by atoms with Crippen molar-refractivity contribution in [1.82, 2.24) is 25.1 Å². The van der Waals surface area contributed by atoms with Crippen LogP contribution >= 0.6 is 0 Å². The van der Waals surface area contributed by atoms with Crippen molar-refractivity contribution in [3.05, 3.63) is 59.7 Å². The summed E-state index contributed by atoms with van der Waals surface area (Å²) < 4.78 is 0. The second-order valence-corrected chi connectivity index (χ2v) is 6.66. The number of hydrogen-bond acceptors (Lipinski definition) is 5. The van der Waals surface area contributed by atoms with Gasteiger partial charge in [-0.2, -0.15) is 0 Å². The smallest absolute Gasteiger partial charge is 0.274 e. The average Bonchev–Trinajstić information content (AvgIpc) is 2.65. The van der Waals surface area contributed by atoms with E-state index >= 15 is 0 Å². The highest BCUT2D eigenvalue weighted by atomic mass is 16.2. The molecule has 0 saturated carbocycles. The van der Waals surface area contributed by atoms with Crippen molar-refractivity contribution in [1.29, 1.82) is 0 Å². The first-order chi connectivity index (χ1) is 13.0. The fourth-order valence-corrected chi connectivity index (χ4v) is 2.47. The number of benzene rings is 1. The number of aryl methyl sites for hydroxylation is 1. The van der Waals surface area contributed by atoms with E-state index < -0.39 is 0 Å². The quantitative estimate of drug-likeness (QED) is 0.725. The Hall–Kier alpha value is -2.80. The third kappa shape index (κ3) is 7.15. The fraction of sp³-hybridized carbons (Fsp3) is 0.400. The van der Waals surface area contributed by atoms with E-state index in [1.54, 1.807) is 11.1 Å². The number of hydrogen-bond donors (Lipinski definition) is 1. The van der Waals surface area contributed by atoms with E-state index in [0.29, 0.717) is 19.6 Å². The summed E-state index contributed by atoms with van der Waals surface area (Å²) in [5.41, 5.74) is 2.03. The van der Waals surface area contributed by atoms with E-state index in [9.17, 15) is 9.59 Å². The van der Waals surface area contributed by atoms with Crippen LogP contribution in [0.2, 0.25) is 0 Å². The number of likely N-dealkylation sites (N-methyl/N-ethyl adjacent to an activating group) is 1. The molecule has 1 aromatic carbocycles. The minimum Gasteiger partial charge on any atom is -0.355 e. The van der Waals surface area contributed by atoms with E-state index in [4.69, 9.17) is 0 Å². The van der Waals surface area contributed by atoms with E-state index in [1.807, 2.05) is 56.3 Å². The van der Waals surface area contributed by atoms with Gasteiger partial charge in [-0.3, -0.25) is 14.6 Å². The molecule has 7 heteroatoms. The van der Waals surface area contributed by atoms with Crippen LogP contribution in [0, 0.1) is 6.92 Å². The number of rotatable bonds is 9. The fourth-order valence-electron chi connectivity index (χ4n) is 2.47. The van der Waals surface area contributed by atoms with Crippen LogP contribution in [0.1, 0.15) is 28.2 Å². The van der Waals surface area contributed by atoms with E-state index in [0.717, 1.165) is 17.8 Å². The van der Waals surface area contributed by atoms with Gasteiger partial charge in [-0.15, -0.1) is 0 Å². The lowest BCUT2D eigenvalue weighted by atomic mass is 10.2. The third-order valence-corrected chi connectivity index (χ3v) is 3.99. The SMILES string of the molecule is Cc1cnc(C(=O)N(CCC(=O)NCCN(C)C)Cc2ccccc2)cn1. The zero-order chi connectivity index (χ0) is 19.6. The monoisotopic (exact) mass is 369 g/mol. The molecule has 0 bridgehead atoms. The van der Waals surface area contributed by atoms with Crippen molar-refractivity contribution in [2.24, 2.45) is 0 Å². The molecule has 2 amide bonds. The number of carbonyl (C=O) groups is 2. The number of amides is 2. The van der Waals surface area contributed by atoms with Crippen LogP contribution in [-0.2, 0) is 11.3 Å². The van der Waals surface area contributed by atoms with Crippen molar-refractivity contribution in [2.45, 2.75) is 19.9 Å². The summed E-state index contributed by atoms with van der Waals surface area (Å²) >= 11 is 0. The Morgan fingerprint density at radius 2 is 1.78 bits per heavy atom. The van der Waals surface area contributed by atoms with Gasteiger partial charge in [0.1, 0.15) is 5.69 Å². The van der Waals surface area contributed by atoms with E-state index in [1.165, 1.54) is 6.20 Å². The molecule has 0 spiro atoms. The first kappa shape index (κ1) is 20.5. The van der Waals surface area contributed by atoms with Crippen LogP contribution in [0.25, 0.3) is 0 Å². The summed E-state index contributed by atoms with van der Waals surface area (Å²) in [6.45, 7) is 3.91. The Labute approximate surface area is 160 Å². The van der Waals surface area contributed by atoms with Crippen molar-refractivity contribution in [3.8, 4) is 0 Å². The molecule has 0 fully saturated rings. The summed E-state index contributed by atoms with van der Waals surface area (Å²) in [5, 5.41) is 2.87. The van der Waals surface area contributed by atoms with Crippen molar-refractivity contribution >= 4 is 11.8 Å². The zero-order valence-electron chi connectivity index (χ0n) is 16.2. The minimum absolute atomic E-state index is 0.0716. The molecular formula is C20H27N5O2. The van der Waals surface area contributed by atoms with Gasteiger partial charge in [0.15, 0.2) is 0 Å². The molecule has 1 heterocycles. The maximum atomic E-state index is 12.9. The summed E-state index contributed by atoms with van der Waals surface area (Å²) in [6.07, 6.45) is 3.29. The first-order valence-electron chi connectivity index (χ1n) is 8.99. The van der Waals surface area contributed by atoms with Gasteiger partial charge in [-0.1, -0.05) is 30.3 Å². The molecule has 7 nitrogen and oxygen atoms in total. The highest BCUT2D eigenvalue weighted by Gasteiger charge is 2.19. The molecule has 1 aromatic heterocycles. The second kappa shape index (κ2) is 10.4. The van der Waals surface area contributed by atoms with Crippen molar-refractivity contribution in [3.63, 3.8) is 0 Å². The predicted molar refractivity (Wildman–Crippen MR) is 104 cm³/mol. The highest BCUT2D eigenvalue weighted by Crippen LogP contribution is 2.09. The molecule has 2 rings (SSSR count). The minimum atomic E-state index is -0.229. The molecule has 144 valence electrons. The molecule has 0 aliphatic rings. The molecule has 0 aliphatic carbocycles. The topological polar surface area (TPSA) is 78.4 Å². The maximum Gasteiger partial charge on any atom is 0.274 e.